The van der Waals surface area contributed by atoms with E-state index in [0.29, 0.717) is 19.1 Å². The highest BCUT2D eigenvalue weighted by Crippen LogP contribution is 2.20. The lowest BCUT2D eigenvalue weighted by Gasteiger charge is -2.36. The van der Waals surface area contributed by atoms with E-state index in [1.165, 1.54) is 12.1 Å². The van der Waals surface area contributed by atoms with Crippen LogP contribution in [0, 0.1) is 5.82 Å². The molecule has 0 aliphatic carbocycles. The minimum Gasteiger partial charge on any atom is -0.383 e. The third kappa shape index (κ3) is 4.11. The lowest BCUT2D eigenvalue weighted by molar-refractivity contribution is 0.210. The molecule has 3 rings (SSSR count). The first kappa shape index (κ1) is 16.4. The number of nitrogens with one attached hydrogen (secondary N) is 1. The summed E-state index contributed by atoms with van der Waals surface area (Å²) in [7, 11) is 1.67. The number of rotatable bonds is 6. The smallest absolute Gasteiger partial charge is 0.224 e. The second-order valence-corrected chi connectivity index (χ2v) is 5.61. The molecule has 1 aliphatic rings. The monoisotopic (exact) mass is 331 g/mol. The van der Waals surface area contributed by atoms with E-state index in [1.807, 2.05) is 18.2 Å². The van der Waals surface area contributed by atoms with Gasteiger partial charge in [-0.15, -0.1) is 0 Å². The fourth-order valence-corrected chi connectivity index (χ4v) is 2.72. The van der Waals surface area contributed by atoms with Crippen molar-refractivity contribution >= 4 is 17.5 Å². The molecule has 0 radical (unpaired) electrons. The van der Waals surface area contributed by atoms with E-state index in [4.69, 9.17) is 4.74 Å². The Hall–Kier alpha value is -2.41. The highest BCUT2D eigenvalue weighted by atomic mass is 19.1. The van der Waals surface area contributed by atoms with Crippen molar-refractivity contribution in [1.29, 1.82) is 0 Å². The molecule has 128 valence electrons. The second-order valence-electron chi connectivity index (χ2n) is 5.61. The summed E-state index contributed by atoms with van der Waals surface area (Å²) in [6, 6.07) is 8.59. The highest BCUT2D eigenvalue weighted by molar-refractivity contribution is 5.50. The van der Waals surface area contributed by atoms with Crippen molar-refractivity contribution in [2.45, 2.75) is 0 Å². The molecule has 0 saturated carbocycles. The summed E-state index contributed by atoms with van der Waals surface area (Å²) in [6.07, 6.45) is 1.77. The van der Waals surface area contributed by atoms with E-state index in [1.54, 1.807) is 13.3 Å². The van der Waals surface area contributed by atoms with E-state index in [-0.39, 0.29) is 5.82 Å². The molecule has 2 aromatic rings. The first-order valence-electron chi connectivity index (χ1n) is 8.07. The Balaban J connectivity index is 1.58. The molecule has 1 N–H and O–H groups in total. The van der Waals surface area contributed by atoms with Crippen molar-refractivity contribution in [3.8, 4) is 0 Å². The van der Waals surface area contributed by atoms with Crippen LogP contribution in [0.3, 0.4) is 0 Å². The van der Waals surface area contributed by atoms with Crippen LogP contribution in [0.15, 0.2) is 36.5 Å². The fraction of sp³-hybridized carbons (Fsp3) is 0.412. The number of halogens is 1. The van der Waals surface area contributed by atoms with Crippen LogP contribution in [0.1, 0.15) is 0 Å². The number of anilines is 3. The maximum atomic E-state index is 13.0. The van der Waals surface area contributed by atoms with Gasteiger partial charge in [-0.25, -0.2) is 9.37 Å². The number of hydrogen-bond acceptors (Lipinski definition) is 6. The van der Waals surface area contributed by atoms with Crippen molar-refractivity contribution in [3.63, 3.8) is 0 Å². The van der Waals surface area contributed by atoms with Crippen LogP contribution in [0.4, 0.5) is 21.8 Å². The SMILES string of the molecule is COCCNc1nccc(N2CCN(c3ccc(F)cc3)CC2)n1. The normalized spacial score (nSPS) is 14.8. The van der Waals surface area contributed by atoms with Crippen molar-refractivity contribution < 1.29 is 9.13 Å². The number of aromatic nitrogens is 2. The Morgan fingerprint density at radius 1 is 1.08 bits per heavy atom. The zero-order valence-electron chi connectivity index (χ0n) is 13.8. The van der Waals surface area contributed by atoms with E-state index in [0.717, 1.165) is 37.7 Å². The molecule has 0 atom stereocenters. The molecule has 0 amide bonds. The van der Waals surface area contributed by atoms with E-state index >= 15 is 0 Å². The van der Waals surface area contributed by atoms with Crippen LogP contribution in [-0.2, 0) is 4.74 Å². The van der Waals surface area contributed by atoms with Crippen molar-refractivity contribution in [2.75, 3.05) is 61.6 Å². The van der Waals surface area contributed by atoms with Gasteiger partial charge in [0.1, 0.15) is 11.6 Å². The molecule has 0 bridgehead atoms. The lowest BCUT2D eigenvalue weighted by Crippen LogP contribution is -2.46. The Bertz CT molecular complexity index is 644. The first-order chi connectivity index (χ1) is 11.8. The maximum Gasteiger partial charge on any atom is 0.224 e. The van der Waals surface area contributed by atoms with Gasteiger partial charge in [-0.2, -0.15) is 4.98 Å². The summed E-state index contributed by atoms with van der Waals surface area (Å²) in [6.45, 7) is 4.78. The van der Waals surface area contributed by atoms with Gasteiger partial charge in [0.25, 0.3) is 0 Å². The predicted octanol–water partition coefficient (Wildman–Crippen LogP) is 2.00. The average molecular weight is 331 g/mol. The van der Waals surface area contributed by atoms with Crippen LogP contribution in [0.5, 0.6) is 0 Å². The Kier molecular flexibility index (Phi) is 5.43. The van der Waals surface area contributed by atoms with Crippen LogP contribution in [0.2, 0.25) is 0 Å². The predicted molar refractivity (Wildman–Crippen MR) is 93.2 cm³/mol. The molecule has 1 aromatic heterocycles. The summed E-state index contributed by atoms with van der Waals surface area (Å²) in [5.74, 6) is 1.33. The molecule has 1 saturated heterocycles. The summed E-state index contributed by atoms with van der Waals surface area (Å²) in [5.41, 5.74) is 1.06. The molecular weight excluding hydrogens is 309 g/mol. The third-order valence-corrected chi connectivity index (χ3v) is 4.03. The van der Waals surface area contributed by atoms with E-state index in [2.05, 4.69) is 25.1 Å². The van der Waals surface area contributed by atoms with Gasteiger partial charge in [0.15, 0.2) is 0 Å². The molecular formula is C17H22FN5O. The van der Waals surface area contributed by atoms with Gasteiger partial charge in [0, 0.05) is 51.7 Å². The standard InChI is InChI=1S/C17H22FN5O/c1-24-13-8-20-17-19-7-6-16(21-17)23-11-9-22(10-12-23)15-4-2-14(18)3-5-15/h2-7H,8-13H2,1H3,(H,19,20,21). The van der Waals surface area contributed by atoms with E-state index < -0.39 is 0 Å². The first-order valence-corrected chi connectivity index (χ1v) is 8.07. The quantitative estimate of drug-likeness (QED) is 0.817. The third-order valence-electron chi connectivity index (χ3n) is 4.03. The Morgan fingerprint density at radius 3 is 2.50 bits per heavy atom. The van der Waals surface area contributed by atoms with Crippen molar-refractivity contribution in [3.05, 3.63) is 42.3 Å². The molecule has 24 heavy (non-hydrogen) atoms. The number of hydrogen-bond donors (Lipinski definition) is 1. The molecule has 6 nitrogen and oxygen atoms in total. The minimum absolute atomic E-state index is 0.202. The van der Waals surface area contributed by atoms with Crippen molar-refractivity contribution in [2.24, 2.45) is 0 Å². The van der Waals surface area contributed by atoms with Gasteiger partial charge in [0.2, 0.25) is 5.95 Å². The average Bonchev–Trinajstić information content (AvgIpc) is 2.63. The van der Waals surface area contributed by atoms with Gasteiger partial charge in [-0.05, 0) is 30.3 Å². The fourth-order valence-electron chi connectivity index (χ4n) is 2.72. The molecule has 1 fully saturated rings. The summed E-state index contributed by atoms with van der Waals surface area (Å²) in [4.78, 5) is 13.3. The molecule has 1 aliphatic heterocycles. The molecule has 2 heterocycles. The second kappa shape index (κ2) is 7.92. The zero-order valence-corrected chi connectivity index (χ0v) is 13.8. The van der Waals surface area contributed by atoms with Gasteiger partial charge in [-0.3, -0.25) is 0 Å². The zero-order chi connectivity index (χ0) is 16.8. The molecule has 1 aromatic carbocycles. The van der Waals surface area contributed by atoms with Gasteiger partial charge in [-0.1, -0.05) is 0 Å². The maximum absolute atomic E-state index is 13.0. The van der Waals surface area contributed by atoms with Crippen LogP contribution < -0.4 is 15.1 Å². The number of benzene rings is 1. The number of ether oxygens (including phenoxy) is 1. The van der Waals surface area contributed by atoms with Gasteiger partial charge in [0.05, 0.1) is 6.61 Å². The van der Waals surface area contributed by atoms with Crippen LogP contribution in [0.25, 0.3) is 0 Å². The number of nitrogens with zero attached hydrogens (tertiary/aromatic N) is 4. The lowest BCUT2D eigenvalue weighted by atomic mass is 10.2. The number of methoxy groups -OCH3 is 1. The van der Waals surface area contributed by atoms with Crippen molar-refractivity contribution in [1.82, 2.24) is 9.97 Å². The summed E-state index contributed by atoms with van der Waals surface area (Å²) >= 11 is 0. The summed E-state index contributed by atoms with van der Waals surface area (Å²) < 4.78 is 18.0. The summed E-state index contributed by atoms with van der Waals surface area (Å²) in [5, 5.41) is 3.15. The van der Waals surface area contributed by atoms with Gasteiger partial charge < -0.3 is 19.9 Å². The topological polar surface area (TPSA) is 53.5 Å². The van der Waals surface area contributed by atoms with Crippen LogP contribution >= 0.6 is 0 Å². The van der Waals surface area contributed by atoms with Crippen LogP contribution in [-0.4, -0.2) is 56.4 Å². The Labute approximate surface area is 141 Å². The highest BCUT2D eigenvalue weighted by Gasteiger charge is 2.18. The molecule has 0 unspecified atom stereocenters. The minimum atomic E-state index is -0.202. The molecule has 0 spiro atoms. The molecule has 7 heteroatoms. The number of piperazine rings is 1. The Morgan fingerprint density at radius 2 is 1.79 bits per heavy atom. The van der Waals surface area contributed by atoms with Gasteiger partial charge >= 0.3 is 0 Å². The van der Waals surface area contributed by atoms with E-state index in [9.17, 15) is 4.39 Å². The largest absolute Gasteiger partial charge is 0.383 e.